The van der Waals surface area contributed by atoms with Crippen molar-refractivity contribution in [2.24, 2.45) is 0 Å². The van der Waals surface area contributed by atoms with Crippen LogP contribution in [0, 0.1) is 0 Å². The zero-order chi connectivity index (χ0) is 11.8. The Balaban J connectivity index is 2.54. The molecule has 0 saturated heterocycles. The van der Waals surface area contributed by atoms with E-state index in [1.807, 2.05) is 18.2 Å². The second kappa shape index (κ2) is 6.98. The third-order valence-electron chi connectivity index (χ3n) is 2.11. The van der Waals surface area contributed by atoms with Gasteiger partial charge in [0.25, 0.3) is 5.91 Å². The second-order valence-electron chi connectivity index (χ2n) is 3.45. The van der Waals surface area contributed by atoms with Gasteiger partial charge >= 0.3 is 0 Å². The molecule has 4 nitrogen and oxygen atoms in total. The van der Waals surface area contributed by atoms with Crippen LogP contribution in [0.1, 0.15) is 10.4 Å². The van der Waals surface area contributed by atoms with Crippen LogP contribution in [0.2, 0.25) is 0 Å². The van der Waals surface area contributed by atoms with Gasteiger partial charge in [-0.2, -0.15) is 0 Å². The minimum absolute atomic E-state index is 0.111. The van der Waals surface area contributed by atoms with Crippen molar-refractivity contribution < 1.29 is 14.3 Å². The summed E-state index contributed by atoms with van der Waals surface area (Å²) in [5.41, 5.74) is 0.639. The standard InChI is InChI=1S/C12H17NO3/c1-15-8-11(9-16-2)13-12(14)10-6-4-3-5-7-10/h3-7,11H,8-9H2,1-2H3,(H,13,14). The van der Waals surface area contributed by atoms with E-state index in [1.54, 1.807) is 26.4 Å². The molecule has 0 saturated carbocycles. The summed E-state index contributed by atoms with van der Waals surface area (Å²) in [6.45, 7) is 0.874. The first-order valence-electron chi connectivity index (χ1n) is 5.11. The maximum absolute atomic E-state index is 11.8. The van der Waals surface area contributed by atoms with E-state index in [9.17, 15) is 4.79 Å². The largest absolute Gasteiger partial charge is 0.382 e. The number of carbonyl (C=O) groups excluding carboxylic acids is 1. The van der Waals surface area contributed by atoms with Gasteiger partial charge in [0.05, 0.1) is 19.3 Å². The zero-order valence-electron chi connectivity index (χ0n) is 9.60. The highest BCUT2D eigenvalue weighted by Crippen LogP contribution is 1.99. The van der Waals surface area contributed by atoms with E-state index in [2.05, 4.69) is 5.32 Å². The van der Waals surface area contributed by atoms with Crippen LogP contribution in [-0.2, 0) is 9.47 Å². The van der Waals surface area contributed by atoms with Gasteiger partial charge < -0.3 is 14.8 Å². The molecular weight excluding hydrogens is 206 g/mol. The first kappa shape index (κ1) is 12.7. The molecule has 1 N–H and O–H groups in total. The summed E-state index contributed by atoms with van der Waals surface area (Å²) < 4.78 is 10.00. The van der Waals surface area contributed by atoms with Gasteiger partial charge in [-0.15, -0.1) is 0 Å². The molecule has 1 aromatic carbocycles. The number of benzene rings is 1. The number of hydrogen-bond donors (Lipinski definition) is 1. The van der Waals surface area contributed by atoms with Crippen LogP contribution in [0.5, 0.6) is 0 Å². The van der Waals surface area contributed by atoms with Crippen molar-refractivity contribution in [3.63, 3.8) is 0 Å². The summed E-state index contributed by atoms with van der Waals surface area (Å²) in [5, 5.41) is 2.85. The monoisotopic (exact) mass is 223 g/mol. The van der Waals surface area contributed by atoms with Gasteiger partial charge in [-0.1, -0.05) is 18.2 Å². The summed E-state index contributed by atoms with van der Waals surface area (Å²) in [6.07, 6.45) is 0. The number of hydrogen-bond acceptors (Lipinski definition) is 3. The molecule has 0 aliphatic rings. The Kier molecular flexibility index (Phi) is 5.53. The minimum Gasteiger partial charge on any atom is -0.382 e. The van der Waals surface area contributed by atoms with Gasteiger partial charge in [0.15, 0.2) is 0 Å². The van der Waals surface area contributed by atoms with Crippen molar-refractivity contribution in [2.75, 3.05) is 27.4 Å². The summed E-state index contributed by atoms with van der Waals surface area (Å²) in [6, 6.07) is 8.95. The fourth-order valence-electron chi connectivity index (χ4n) is 1.39. The van der Waals surface area contributed by atoms with Crippen LogP contribution < -0.4 is 5.32 Å². The molecule has 1 rings (SSSR count). The Morgan fingerprint density at radius 3 is 2.25 bits per heavy atom. The molecule has 88 valence electrons. The normalized spacial score (nSPS) is 10.4. The van der Waals surface area contributed by atoms with E-state index in [-0.39, 0.29) is 11.9 Å². The van der Waals surface area contributed by atoms with E-state index >= 15 is 0 Å². The maximum atomic E-state index is 11.8. The SMILES string of the molecule is COCC(COC)NC(=O)c1ccccc1. The third-order valence-corrected chi connectivity index (χ3v) is 2.11. The molecular formula is C12H17NO3. The lowest BCUT2D eigenvalue weighted by Crippen LogP contribution is -2.41. The molecule has 0 spiro atoms. The molecule has 0 radical (unpaired) electrons. The van der Waals surface area contributed by atoms with E-state index in [0.29, 0.717) is 18.8 Å². The fourth-order valence-corrected chi connectivity index (χ4v) is 1.39. The predicted octanol–water partition coefficient (Wildman–Crippen LogP) is 1.08. The molecule has 0 atom stereocenters. The number of carbonyl (C=O) groups is 1. The molecule has 1 aromatic rings. The molecule has 0 heterocycles. The summed E-state index contributed by atoms with van der Waals surface area (Å²) >= 11 is 0. The summed E-state index contributed by atoms with van der Waals surface area (Å²) in [7, 11) is 3.19. The van der Waals surface area contributed by atoms with E-state index < -0.39 is 0 Å². The Hall–Kier alpha value is -1.39. The van der Waals surface area contributed by atoms with Crippen LogP contribution in [-0.4, -0.2) is 39.4 Å². The first-order chi connectivity index (χ1) is 7.77. The lowest BCUT2D eigenvalue weighted by atomic mass is 10.2. The topological polar surface area (TPSA) is 47.6 Å². The fraction of sp³-hybridized carbons (Fsp3) is 0.417. The van der Waals surface area contributed by atoms with Crippen molar-refractivity contribution >= 4 is 5.91 Å². The average molecular weight is 223 g/mol. The van der Waals surface area contributed by atoms with E-state index in [1.165, 1.54) is 0 Å². The quantitative estimate of drug-likeness (QED) is 0.785. The van der Waals surface area contributed by atoms with Gasteiger partial charge in [-0.25, -0.2) is 0 Å². The molecule has 0 bridgehead atoms. The van der Waals surface area contributed by atoms with Crippen LogP contribution in [0.4, 0.5) is 0 Å². The van der Waals surface area contributed by atoms with Crippen molar-refractivity contribution in [2.45, 2.75) is 6.04 Å². The highest BCUT2D eigenvalue weighted by Gasteiger charge is 2.12. The lowest BCUT2D eigenvalue weighted by Gasteiger charge is -2.16. The molecule has 1 amide bonds. The van der Waals surface area contributed by atoms with Crippen LogP contribution in [0.15, 0.2) is 30.3 Å². The second-order valence-corrected chi connectivity index (χ2v) is 3.45. The average Bonchev–Trinajstić information content (AvgIpc) is 2.31. The first-order valence-corrected chi connectivity index (χ1v) is 5.11. The van der Waals surface area contributed by atoms with Gasteiger partial charge in [0, 0.05) is 19.8 Å². The number of methoxy groups -OCH3 is 2. The van der Waals surface area contributed by atoms with Crippen LogP contribution >= 0.6 is 0 Å². The Labute approximate surface area is 95.6 Å². The Morgan fingerprint density at radius 2 is 1.75 bits per heavy atom. The van der Waals surface area contributed by atoms with Crippen LogP contribution in [0.25, 0.3) is 0 Å². The van der Waals surface area contributed by atoms with Crippen molar-refractivity contribution in [3.8, 4) is 0 Å². The molecule has 4 heteroatoms. The predicted molar refractivity (Wildman–Crippen MR) is 61.4 cm³/mol. The number of nitrogens with one attached hydrogen (secondary N) is 1. The minimum atomic E-state index is -0.122. The lowest BCUT2D eigenvalue weighted by molar-refractivity contribution is 0.0779. The highest BCUT2D eigenvalue weighted by molar-refractivity contribution is 5.94. The highest BCUT2D eigenvalue weighted by atomic mass is 16.5. The molecule has 0 aromatic heterocycles. The Bertz CT molecular complexity index is 307. The van der Waals surface area contributed by atoms with Gasteiger partial charge in [-0.3, -0.25) is 4.79 Å². The maximum Gasteiger partial charge on any atom is 0.251 e. The number of amides is 1. The molecule has 0 unspecified atom stereocenters. The molecule has 0 aliphatic heterocycles. The van der Waals surface area contributed by atoms with Gasteiger partial charge in [-0.05, 0) is 12.1 Å². The summed E-state index contributed by atoms with van der Waals surface area (Å²) in [5.74, 6) is -0.111. The third kappa shape index (κ3) is 4.00. The molecule has 16 heavy (non-hydrogen) atoms. The summed E-state index contributed by atoms with van der Waals surface area (Å²) in [4.78, 5) is 11.8. The van der Waals surface area contributed by atoms with Crippen LogP contribution in [0.3, 0.4) is 0 Å². The van der Waals surface area contributed by atoms with Gasteiger partial charge in [0.2, 0.25) is 0 Å². The zero-order valence-corrected chi connectivity index (χ0v) is 9.60. The van der Waals surface area contributed by atoms with Crippen molar-refractivity contribution in [1.82, 2.24) is 5.32 Å². The smallest absolute Gasteiger partial charge is 0.251 e. The number of ether oxygens (including phenoxy) is 2. The van der Waals surface area contributed by atoms with E-state index in [0.717, 1.165) is 0 Å². The van der Waals surface area contributed by atoms with Crippen molar-refractivity contribution in [3.05, 3.63) is 35.9 Å². The Morgan fingerprint density at radius 1 is 1.19 bits per heavy atom. The molecule has 0 aliphatic carbocycles. The number of rotatable bonds is 6. The van der Waals surface area contributed by atoms with E-state index in [4.69, 9.17) is 9.47 Å². The van der Waals surface area contributed by atoms with Gasteiger partial charge in [0.1, 0.15) is 0 Å². The molecule has 0 fully saturated rings. The van der Waals surface area contributed by atoms with Crippen molar-refractivity contribution in [1.29, 1.82) is 0 Å².